The van der Waals surface area contributed by atoms with Gasteiger partial charge in [0.25, 0.3) is 0 Å². The Balaban J connectivity index is 2.01. The maximum Gasteiger partial charge on any atom is 0.116 e. The Labute approximate surface area is 102 Å². The summed E-state index contributed by atoms with van der Waals surface area (Å²) in [4.78, 5) is 11.5. The van der Waals surface area contributed by atoms with E-state index in [4.69, 9.17) is 0 Å². The Kier molecular flexibility index (Phi) is 1.77. The molecule has 5 heteroatoms. The van der Waals surface area contributed by atoms with E-state index in [1.807, 2.05) is 18.3 Å². The molecular formula is C13H9N5. The standard InChI is InChI=1S/C13H9N5/c1-3-14-6-11-8(1)5-10(16-11)13-9-2-4-15-7-12(9)17-18-13/h1-7,16H,(H,17,18). The van der Waals surface area contributed by atoms with Gasteiger partial charge in [-0.15, -0.1) is 0 Å². The van der Waals surface area contributed by atoms with Gasteiger partial charge in [-0.25, -0.2) is 0 Å². The van der Waals surface area contributed by atoms with Gasteiger partial charge < -0.3 is 4.98 Å². The van der Waals surface area contributed by atoms with Crippen LogP contribution in [0.4, 0.5) is 0 Å². The highest BCUT2D eigenvalue weighted by molar-refractivity contribution is 5.94. The zero-order valence-electron chi connectivity index (χ0n) is 9.38. The second-order valence-corrected chi connectivity index (χ2v) is 4.14. The highest BCUT2D eigenvalue weighted by atomic mass is 15.1. The van der Waals surface area contributed by atoms with Crippen molar-refractivity contribution in [2.24, 2.45) is 0 Å². The molecule has 18 heavy (non-hydrogen) atoms. The fourth-order valence-electron chi connectivity index (χ4n) is 2.17. The van der Waals surface area contributed by atoms with Crippen LogP contribution in [-0.4, -0.2) is 25.1 Å². The van der Waals surface area contributed by atoms with E-state index < -0.39 is 0 Å². The van der Waals surface area contributed by atoms with Crippen molar-refractivity contribution >= 4 is 21.8 Å². The summed E-state index contributed by atoms with van der Waals surface area (Å²) in [6.07, 6.45) is 7.14. The van der Waals surface area contributed by atoms with Crippen LogP contribution in [-0.2, 0) is 0 Å². The van der Waals surface area contributed by atoms with E-state index in [9.17, 15) is 0 Å². The summed E-state index contributed by atoms with van der Waals surface area (Å²) in [5.41, 5.74) is 3.83. The summed E-state index contributed by atoms with van der Waals surface area (Å²) in [5.74, 6) is 0. The topological polar surface area (TPSA) is 70.2 Å². The molecule has 4 aromatic rings. The molecule has 2 N–H and O–H groups in total. The van der Waals surface area contributed by atoms with Gasteiger partial charge in [0.15, 0.2) is 0 Å². The highest BCUT2D eigenvalue weighted by Gasteiger charge is 2.10. The Morgan fingerprint density at radius 3 is 2.67 bits per heavy atom. The summed E-state index contributed by atoms with van der Waals surface area (Å²) in [7, 11) is 0. The van der Waals surface area contributed by atoms with Crippen molar-refractivity contribution in [2.75, 3.05) is 0 Å². The Morgan fingerprint density at radius 1 is 0.944 bits per heavy atom. The van der Waals surface area contributed by atoms with Crippen LogP contribution in [0.25, 0.3) is 33.2 Å². The number of nitrogens with zero attached hydrogens (tertiary/aromatic N) is 3. The maximum absolute atomic E-state index is 4.34. The molecular weight excluding hydrogens is 226 g/mol. The lowest BCUT2D eigenvalue weighted by molar-refractivity contribution is 1.11. The van der Waals surface area contributed by atoms with Crippen molar-refractivity contribution < 1.29 is 0 Å². The zero-order chi connectivity index (χ0) is 11.9. The summed E-state index contributed by atoms with van der Waals surface area (Å²) in [6, 6.07) is 6.01. The number of hydrogen-bond acceptors (Lipinski definition) is 3. The van der Waals surface area contributed by atoms with Gasteiger partial charge in [-0.2, -0.15) is 5.10 Å². The van der Waals surface area contributed by atoms with Gasteiger partial charge >= 0.3 is 0 Å². The molecule has 0 aliphatic rings. The highest BCUT2D eigenvalue weighted by Crippen LogP contribution is 2.27. The van der Waals surface area contributed by atoms with Gasteiger partial charge in [0, 0.05) is 23.2 Å². The monoisotopic (exact) mass is 235 g/mol. The van der Waals surface area contributed by atoms with Crippen LogP contribution < -0.4 is 0 Å². The summed E-state index contributed by atoms with van der Waals surface area (Å²) in [5, 5.41) is 9.52. The van der Waals surface area contributed by atoms with Crippen LogP contribution >= 0.6 is 0 Å². The number of aromatic nitrogens is 5. The first-order valence-electron chi connectivity index (χ1n) is 5.63. The number of H-pyrrole nitrogens is 2. The van der Waals surface area contributed by atoms with E-state index in [-0.39, 0.29) is 0 Å². The summed E-state index contributed by atoms with van der Waals surface area (Å²) >= 11 is 0. The van der Waals surface area contributed by atoms with Crippen molar-refractivity contribution in [1.29, 1.82) is 0 Å². The van der Waals surface area contributed by atoms with Crippen molar-refractivity contribution in [2.45, 2.75) is 0 Å². The molecule has 0 bridgehead atoms. The molecule has 0 spiro atoms. The smallest absolute Gasteiger partial charge is 0.116 e. The van der Waals surface area contributed by atoms with Gasteiger partial charge in [-0.1, -0.05) is 0 Å². The van der Waals surface area contributed by atoms with Crippen LogP contribution in [0.15, 0.2) is 43.0 Å². The van der Waals surface area contributed by atoms with E-state index >= 15 is 0 Å². The Hall–Kier alpha value is -2.69. The lowest BCUT2D eigenvalue weighted by atomic mass is 10.2. The van der Waals surface area contributed by atoms with Gasteiger partial charge in [0.1, 0.15) is 5.69 Å². The van der Waals surface area contributed by atoms with E-state index in [1.165, 1.54) is 0 Å². The first kappa shape index (κ1) is 9.35. The number of nitrogens with one attached hydrogen (secondary N) is 2. The molecule has 86 valence electrons. The number of fused-ring (bicyclic) bond motifs is 2. The van der Waals surface area contributed by atoms with Crippen molar-refractivity contribution in [3.05, 3.63) is 43.0 Å². The molecule has 4 rings (SSSR count). The minimum atomic E-state index is 0.906. The molecule has 0 atom stereocenters. The van der Waals surface area contributed by atoms with Crippen LogP contribution in [0.1, 0.15) is 0 Å². The molecule has 0 amide bonds. The number of rotatable bonds is 1. The molecule has 0 saturated heterocycles. The van der Waals surface area contributed by atoms with Crippen molar-refractivity contribution in [1.82, 2.24) is 25.1 Å². The molecule has 0 unspecified atom stereocenters. The molecule has 5 nitrogen and oxygen atoms in total. The minimum absolute atomic E-state index is 0.906. The van der Waals surface area contributed by atoms with E-state index in [1.54, 1.807) is 18.6 Å². The molecule has 4 heterocycles. The molecule has 0 saturated carbocycles. The van der Waals surface area contributed by atoms with Crippen molar-refractivity contribution in [3.8, 4) is 11.4 Å². The average molecular weight is 235 g/mol. The lowest BCUT2D eigenvalue weighted by Gasteiger charge is -1.92. The average Bonchev–Trinajstić information content (AvgIpc) is 3.02. The van der Waals surface area contributed by atoms with Crippen LogP contribution in [0, 0.1) is 0 Å². The maximum atomic E-state index is 4.34. The number of pyridine rings is 2. The Morgan fingerprint density at radius 2 is 1.78 bits per heavy atom. The third-order valence-corrected chi connectivity index (χ3v) is 3.04. The number of aromatic amines is 2. The third kappa shape index (κ3) is 1.24. The normalized spacial score (nSPS) is 11.3. The second kappa shape index (κ2) is 3.40. The summed E-state index contributed by atoms with van der Waals surface area (Å²) in [6.45, 7) is 0. The molecule has 0 aliphatic carbocycles. The number of hydrogen-bond donors (Lipinski definition) is 2. The lowest BCUT2D eigenvalue weighted by Crippen LogP contribution is -1.78. The van der Waals surface area contributed by atoms with Gasteiger partial charge in [0.05, 0.1) is 29.1 Å². The Bertz CT molecular complexity index is 809. The molecule has 0 radical (unpaired) electrons. The fraction of sp³-hybridized carbons (Fsp3) is 0. The second-order valence-electron chi connectivity index (χ2n) is 4.14. The summed E-state index contributed by atoms with van der Waals surface area (Å²) < 4.78 is 0. The van der Waals surface area contributed by atoms with Gasteiger partial charge in [-0.3, -0.25) is 15.1 Å². The predicted octanol–water partition coefficient (Wildman–Crippen LogP) is 2.50. The predicted molar refractivity (Wildman–Crippen MR) is 69.0 cm³/mol. The molecule has 0 aromatic carbocycles. The van der Waals surface area contributed by atoms with Crippen molar-refractivity contribution in [3.63, 3.8) is 0 Å². The largest absolute Gasteiger partial charge is 0.352 e. The molecule has 4 aromatic heterocycles. The van der Waals surface area contributed by atoms with Gasteiger partial charge in [0.2, 0.25) is 0 Å². The minimum Gasteiger partial charge on any atom is -0.352 e. The van der Waals surface area contributed by atoms with Crippen LogP contribution in [0.3, 0.4) is 0 Å². The fourth-order valence-corrected chi connectivity index (χ4v) is 2.17. The van der Waals surface area contributed by atoms with E-state index in [0.29, 0.717) is 0 Å². The third-order valence-electron chi connectivity index (χ3n) is 3.04. The SMILES string of the molecule is c1cc2cc(-c3n[nH]c4cnccc34)[nH]c2cn1. The molecule has 0 aliphatic heterocycles. The zero-order valence-corrected chi connectivity index (χ0v) is 9.38. The van der Waals surface area contributed by atoms with Crippen LogP contribution in [0.2, 0.25) is 0 Å². The molecule has 0 fully saturated rings. The quantitative estimate of drug-likeness (QED) is 0.532. The van der Waals surface area contributed by atoms with Crippen LogP contribution in [0.5, 0.6) is 0 Å². The van der Waals surface area contributed by atoms with E-state index in [0.717, 1.165) is 33.2 Å². The first-order chi connectivity index (χ1) is 8.92. The first-order valence-corrected chi connectivity index (χ1v) is 5.63. The van der Waals surface area contributed by atoms with Gasteiger partial charge in [-0.05, 0) is 18.2 Å². The van der Waals surface area contributed by atoms with E-state index in [2.05, 4.69) is 31.2 Å².